The molecule has 5 rings (SSSR count). The summed E-state index contributed by atoms with van der Waals surface area (Å²) in [6, 6.07) is 27.8. The van der Waals surface area contributed by atoms with Crippen LogP contribution >= 0.6 is 0 Å². The lowest BCUT2D eigenvalue weighted by molar-refractivity contribution is -0.137. The Morgan fingerprint density at radius 2 is 1.46 bits per heavy atom. The molecule has 3 amide bonds. The first-order valence-electron chi connectivity index (χ1n) is 14.5. The van der Waals surface area contributed by atoms with Crippen LogP contribution in [0.4, 0.5) is 5.69 Å². The Bertz CT molecular complexity index is 1360. The van der Waals surface area contributed by atoms with Crippen molar-refractivity contribution in [1.29, 1.82) is 0 Å². The van der Waals surface area contributed by atoms with E-state index in [-0.39, 0.29) is 29.7 Å². The number of nitrogens with zero attached hydrogens (tertiary/aromatic N) is 3. The van der Waals surface area contributed by atoms with Crippen LogP contribution < -0.4 is 10.2 Å². The van der Waals surface area contributed by atoms with Gasteiger partial charge in [0.25, 0.3) is 11.8 Å². The van der Waals surface area contributed by atoms with Crippen LogP contribution in [0.3, 0.4) is 0 Å². The smallest absolute Gasteiger partial charge is 0.253 e. The highest BCUT2D eigenvalue weighted by atomic mass is 16.2. The maximum absolute atomic E-state index is 14.0. The van der Waals surface area contributed by atoms with E-state index in [4.69, 9.17) is 0 Å². The van der Waals surface area contributed by atoms with Gasteiger partial charge in [-0.25, -0.2) is 0 Å². The van der Waals surface area contributed by atoms with Crippen molar-refractivity contribution in [3.05, 3.63) is 102 Å². The molecule has 0 radical (unpaired) electrons. The summed E-state index contributed by atoms with van der Waals surface area (Å²) in [6.07, 6.45) is 1.76. The summed E-state index contributed by atoms with van der Waals surface area (Å²) in [5.41, 5.74) is 3.20. The Morgan fingerprint density at radius 3 is 2.07 bits per heavy atom. The minimum absolute atomic E-state index is 0.00772. The second-order valence-electron chi connectivity index (χ2n) is 12.1. The standard InChI is InChI=1S/C34H40N4O3/c1-33(2,3)28-16-14-27(15-17-28)31(40)36-22-19-34(20-23-36)32(41)37(25-38(34)29-12-8-5-9-13-29)24-30(39)35-21-18-26-10-6-4-7-11-26/h4-17H,18-25H2,1-3H3,(H,35,39). The lowest BCUT2D eigenvalue weighted by Crippen LogP contribution is -2.57. The molecule has 7 nitrogen and oxygen atoms in total. The third-order valence-electron chi connectivity index (χ3n) is 8.37. The lowest BCUT2D eigenvalue weighted by Gasteiger charge is -2.43. The summed E-state index contributed by atoms with van der Waals surface area (Å²) in [5, 5.41) is 2.97. The first-order chi connectivity index (χ1) is 19.7. The first kappa shape index (κ1) is 28.4. The number of anilines is 1. The van der Waals surface area contributed by atoms with Crippen molar-refractivity contribution < 1.29 is 14.4 Å². The number of likely N-dealkylation sites (tertiary alicyclic amines) is 1. The highest BCUT2D eigenvalue weighted by molar-refractivity contribution is 5.97. The van der Waals surface area contributed by atoms with Crippen LogP contribution in [0.15, 0.2) is 84.9 Å². The van der Waals surface area contributed by atoms with Crippen molar-refractivity contribution in [1.82, 2.24) is 15.1 Å². The van der Waals surface area contributed by atoms with Gasteiger partial charge in [0.2, 0.25) is 5.91 Å². The molecule has 0 aliphatic carbocycles. The predicted octanol–water partition coefficient (Wildman–Crippen LogP) is 4.62. The van der Waals surface area contributed by atoms with Gasteiger partial charge in [-0.3, -0.25) is 14.4 Å². The Kier molecular flexibility index (Phi) is 8.15. The Balaban J connectivity index is 1.26. The van der Waals surface area contributed by atoms with E-state index in [0.717, 1.165) is 17.7 Å². The molecule has 0 aromatic heterocycles. The second-order valence-corrected chi connectivity index (χ2v) is 12.1. The summed E-state index contributed by atoms with van der Waals surface area (Å²) in [7, 11) is 0. The average Bonchev–Trinajstić information content (AvgIpc) is 3.24. The van der Waals surface area contributed by atoms with Crippen LogP contribution in [0.25, 0.3) is 0 Å². The van der Waals surface area contributed by atoms with E-state index in [1.165, 1.54) is 5.56 Å². The largest absolute Gasteiger partial charge is 0.354 e. The van der Waals surface area contributed by atoms with Crippen molar-refractivity contribution >= 4 is 23.4 Å². The number of carbonyl (C=O) groups is 3. The molecule has 1 N–H and O–H groups in total. The summed E-state index contributed by atoms with van der Waals surface area (Å²) >= 11 is 0. The van der Waals surface area contributed by atoms with Crippen molar-refractivity contribution in [3.8, 4) is 0 Å². The van der Waals surface area contributed by atoms with E-state index in [2.05, 4.69) is 31.0 Å². The Labute approximate surface area is 243 Å². The molecule has 0 saturated carbocycles. The van der Waals surface area contributed by atoms with Gasteiger partial charge in [-0.15, -0.1) is 0 Å². The number of rotatable bonds is 7. The van der Waals surface area contributed by atoms with E-state index < -0.39 is 5.54 Å². The van der Waals surface area contributed by atoms with Gasteiger partial charge in [-0.1, -0.05) is 81.4 Å². The number of para-hydroxylation sites is 1. The molecule has 2 aliphatic heterocycles. The van der Waals surface area contributed by atoms with E-state index in [1.807, 2.05) is 89.8 Å². The number of benzene rings is 3. The molecule has 2 saturated heterocycles. The van der Waals surface area contributed by atoms with Gasteiger partial charge in [0, 0.05) is 30.9 Å². The first-order valence-corrected chi connectivity index (χ1v) is 14.5. The van der Waals surface area contributed by atoms with Crippen LogP contribution in [0.5, 0.6) is 0 Å². The normalized spacial score (nSPS) is 16.8. The molecule has 214 valence electrons. The quantitative estimate of drug-likeness (QED) is 0.464. The SMILES string of the molecule is CC(C)(C)c1ccc(C(=O)N2CCC3(CC2)C(=O)N(CC(=O)NCCc2ccccc2)CN3c2ccccc2)cc1. The third kappa shape index (κ3) is 6.14. The summed E-state index contributed by atoms with van der Waals surface area (Å²) in [6.45, 7) is 8.30. The monoisotopic (exact) mass is 552 g/mol. The zero-order valence-corrected chi connectivity index (χ0v) is 24.3. The number of hydrogen-bond donors (Lipinski definition) is 1. The van der Waals surface area contributed by atoms with Crippen LogP contribution in [0, 0.1) is 0 Å². The Morgan fingerprint density at radius 1 is 0.854 bits per heavy atom. The number of amides is 3. The fourth-order valence-electron chi connectivity index (χ4n) is 5.92. The van der Waals surface area contributed by atoms with Crippen LogP contribution in [0.2, 0.25) is 0 Å². The maximum Gasteiger partial charge on any atom is 0.253 e. The molecule has 41 heavy (non-hydrogen) atoms. The third-order valence-corrected chi connectivity index (χ3v) is 8.37. The van der Waals surface area contributed by atoms with Crippen LogP contribution in [0.1, 0.15) is 55.1 Å². The van der Waals surface area contributed by atoms with Gasteiger partial charge < -0.3 is 20.0 Å². The predicted molar refractivity (Wildman–Crippen MR) is 162 cm³/mol. The number of piperidine rings is 1. The minimum Gasteiger partial charge on any atom is -0.354 e. The fraction of sp³-hybridized carbons (Fsp3) is 0.382. The molecule has 0 atom stereocenters. The lowest BCUT2D eigenvalue weighted by atomic mass is 9.84. The van der Waals surface area contributed by atoms with E-state index in [9.17, 15) is 14.4 Å². The summed E-state index contributed by atoms with van der Waals surface area (Å²) in [5.74, 6) is -0.210. The van der Waals surface area contributed by atoms with Crippen molar-refractivity contribution in [3.63, 3.8) is 0 Å². The minimum atomic E-state index is -0.779. The topological polar surface area (TPSA) is 73.0 Å². The fourth-order valence-corrected chi connectivity index (χ4v) is 5.92. The van der Waals surface area contributed by atoms with Gasteiger partial charge in [-0.2, -0.15) is 0 Å². The van der Waals surface area contributed by atoms with Gasteiger partial charge in [0.15, 0.2) is 0 Å². The number of hydrogen-bond acceptors (Lipinski definition) is 4. The van der Waals surface area contributed by atoms with Crippen molar-refractivity contribution in [2.45, 2.75) is 51.0 Å². The van der Waals surface area contributed by atoms with E-state index >= 15 is 0 Å². The van der Waals surface area contributed by atoms with E-state index in [0.29, 0.717) is 44.7 Å². The highest BCUT2D eigenvalue weighted by Crippen LogP contribution is 2.39. The molecule has 3 aromatic rings. The molecule has 2 aliphatic rings. The molecule has 2 fully saturated rings. The highest BCUT2D eigenvalue weighted by Gasteiger charge is 2.54. The molecule has 3 aromatic carbocycles. The van der Waals surface area contributed by atoms with Crippen molar-refractivity contribution in [2.24, 2.45) is 0 Å². The van der Waals surface area contributed by atoms with Crippen LogP contribution in [-0.2, 0) is 21.4 Å². The van der Waals surface area contributed by atoms with Gasteiger partial charge in [0.05, 0.1) is 6.67 Å². The molecule has 2 heterocycles. The van der Waals surface area contributed by atoms with Gasteiger partial charge >= 0.3 is 0 Å². The van der Waals surface area contributed by atoms with Crippen LogP contribution in [-0.4, -0.2) is 65.9 Å². The Hall–Kier alpha value is -4.13. The molecule has 0 bridgehead atoms. The summed E-state index contributed by atoms with van der Waals surface area (Å²) in [4.78, 5) is 45.9. The maximum atomic E-state index is 14.0. The number of nitrogens with one attached hydrogen (secondary N) is 1. The van der Waals surface area contributed by atoms with Gasteiger partial charge in [0.1, 0.15) is 12.1 Å². The zero-order valence-electron chi connectivity index (χ0n) is 24.3. The molecule has 7 heteroatoms. The average molecular weight is 553 g/mol. The zero-order chi connectivity index (χ0) is 29.0. The summed E-state index contributed by atoms with van der Waals surface area (Å²) < 4.78 is 0. The molecular formula is C34H40N4O3. The second kappa shape index (κ2) is 11.8. The number of carbonyl (C=O) groups excluding carboxylic acids is 3. The molecule has 0 unspecified atom stereocenters. The molecular weight excluding hydrogens is 512 g/mol. The van der Waals surface area contributed by atoms with Gasteiger partial charge in [-0.05, 0) is 60.1 Å². The van der Waals surface area contributed by atoms with Crippen molar-refractivity contribution in [2.75, 3.05) is 37.7 Å². The molecule has 1 spiro atoms. The van der Waals surface area contributed by atoms with E-state index in [1.54, 1.807) is 4.90 Å².